The molecule has 0 amide bonds. The summed E-state index contributed by atoms with van der Waals surface area (Å²) in [6.45, 7) is 22.6. The van der Waals surface area contributed by atoms with Gasteiger partial charge in [0.15, 0.2) is 0 Å². The van der Waals surface area contributed by atoms with Crippen LogP contribution in [0.2, 0.25) is 0 Å². The number of nitrogens with zero attached hydrogens (tertiary/aromatic N) is 4. The zero-order valence-electron chi connectivity index (χ0n) is 49.4. The molecule has 7 heteroatoms. The SMILES string of the molecule is CC(C)(C)c1cc(-c2cc(-c3ccccc3)cc(-c3ccc(F)cc3)c2N2[CH-]N(c3[c-]c(Oc4[c-]c5c(cc4)c4ccccc4n5-c4cc(C(C)(C)C)ccn4)cc(-c4ccccc4-c4ccccc4)c3)c3ccccc32)cc(C(C)(C)C)c1.[Pt]. The summed E-state index contributed by atoms with van der Waals surface area (Å²) in [6, 6.07) is 85.6. The average Bonchev–Trinajstić information content (AvgIpc) is 1.89. The molecule has 5 nitrogen and oxygen atoms in total. The van der Waals surface area contributed by atoms with E-state index in [0.29, 0.717) is 11.5 Å². The number of para-hydroxylation sites is 3. The van der Waals surface area contributed by atoms with Crippen molar-refractivity contribution in [2.24, 2.45) is 0 Å². The first-order chi connectivity index (χ1) is 40.4. The van der Waals surface area contributed by atoms with E-state index in [1.54, 1.807) is 12.1 Å². The molecule has 0 unspecified atom stereocenters. The van der Waals surface area contributed by atoms with Crippen molar-refractivity contribution in [3.63, 3.8) is 0 Å². The third kappa shape index (κ3) is 11.0. The molecule has 0 saturated carbocycles. The first-order valence-corrected chi connectivity index (χ1v) is 28.9. The molecule has 13 rings (SSSR count). The Morgan fingerprint density at radius 3 is 1.64 bits per heavy atom. The van der Waals surface area contributed by atoms with E-state index in [1.165, 1.54) is 16.7 Å². The average molecular weight is 1290 g/mol. The van der Waals surface area contributed by atoms with Crippen molar-refractivity contribution in [2.45, 2.75) is 78.6 Å². The Labute approximate surface area is 514 Å². The molecule has 1 aliphatic rings. The van der Waals surface area contributed by atoms with Crippen LogP contribution in [-0.4, -0.2) is 9.55 Å². The number of aromatic nitrogens is 2. The largest absolute Gasteiger partial charge is 0.509 e. The first kappa shape index (κ1) is 56.6. The normalized spacial score (nSPS) is 12.6. The monoisotopic (exact) mass is 1290 g/mol. The molecule has 10 aromatic carbocycles. The van der Waals surface area contributed by atoms with E-state index < -0.39 is 0 Å². The van der Waals surface area contributed by atoms with Gasteiger partial charge < -0.3 is 19.1 Å². The van der Waals surface area contributed by atoms with Crippen LogP contribution in [0, 0.1) is 24.6 Å². The quantitative estimate of drug-likeness (QED) is 0.128. The van der Waals surface area contributed by atoms with Gasteiger partial charge in [-0.3, -0.25) is 0 Å². The van der Waals surface area contributed by atoms with Crippen molar-refractivity contribution in [1.29, 1.82) is 0 Å². The summed E-state index contributed by atoms with van der Waals surface area (Å²) in [6.07, 6.45) is 1.90. The van der Waals surface area contributed by atoms with Gasteiger partial charge in [-0.25, -0.2) is 9.37 Å². The van der Waals surface area contributed by atoms with Crippen molar-refractivity contribution in [2.75, 3.05) is 9.80 Å². The molecule has 0 atom stereocenters. The van der Waals surface area contributed by atoms with Crippen molar-refractivity contribution >= 4 is 44.6 Å². The van der Waals surface area contributed by atoms with Crippen LogP contribution in [0.25, 0.3) is 83.3 Å². The number of fused-ring (bicyclic) bond motifs is 4. The first-order valence-electron chi connectivity index (χ1n) is 28.9. The van der Waals surface area contributed by atoms with Crippen LogP contribution >= 0.6 is 0 Å². The minimum absolute atomic E-state index is 0. The van der Waals surface area contributed by atoms with E-state index in [0.717, 1.165) is 106 Å². The number of ether oxygens (including phenoxy) is 1. The molecule has 3 heterocycles. The van der Waals surface area contributed by atoms with Gasteiger partial charge in [0.05, 0.1) is 0 Å². The second kappa shape index (κ2) is 22.3. The zero-order chi connectivity index (χ0) is 58.1. The summed E-state index contributed by atoms with van der Waals surface area (Å²) in [5.41, 5.74) is 19.2. The van der Waals surface area contributed by atoms with Gasteiger partial charge in [-0.15, -0.1) is 53.6 Å². The van der Waals surface area contributed by atoms with E-state index in [-0.39, 0.29) is 43.1 Å². The predicted molar refractivity (Wildman–Crippen MR) is 347 cm³/mol. The maximum Gasteiger partial charge on any atom is 0.135 e. The summed E-state index contributed by atoms with van der Waals surface area (Å²) in [5.74, 6) is 1.59. The fourth-order valence-electron chi connectivity index (χ4n) is 11.7. The minimum Gasteiger partial charge on any atom is -0.509 e. The van der Waals surface area contributed by atoms with Gasteiger partial charge in [-0.2, -0.15) is 6.07 Å². The van der Waals surface area contributed by atoms with E-state index in [2.05, 4.69) is 290 Å². The molecule has 0 N–H and O–H groups in total. The Hall–Kier alpha value is -8.83. The molecule has 424 valence electrons. The van der Waals surface area contributed by atoms with E-state index in [1.807, 2.05) is 24.4 Å². The van der Waals surface area contributed by atoms with E-state index in [9.17, 15) is 0 Å². The number of halogens is 1. The maximum atomic E-state index is 15.1. The van der Waals surface area contributed by atoms with Gasteiger partial charge in [0.1, 0.15) is 11.6 Å². The molecule has 0 spiro atoms. The Kier molecular flexibility index (Phi) is 14.9. The topological polar surface area (TPSA) is 33.5 Å². The predicted octanol–water partition coefficient (Wildman–Crippen LogP) is 21.3. The number of hydrogen-bond acceptors (Lipinski definition) is 4. The number of benzene rings is 10. The maximum absolute atomic E-state index is 15.1. The van der Waals surface area contributed by atoms with Gasteiger partial charge >= 0.3 is 0 Å². The number of rotatable bonds is 10. The summed E-state index contributed by atoms with van der Waals surface area (Å²) in [7, 11) is 0. The molecule has 85 heavy (non-hydrogen) atoms. The van der Waals surface area contributed by atoms with Crippen LogP contribution in [0.1, 0.15) is 79.0 Å². The molecule has 1 aliphatic heterocycles. The van der Waals surface area contributed by atoms with Crippen molar-refractivity contribution in [3.8, 4) is 73.0 Å². The van der Waals surface area contributed by atoms with Crippen LogP contribution in [0.15, 0.2) is 231 Å². The fourth-order valence-corrected chi connectivity index (χ4v) is 11.7. The fraction of sp³-hybridized carbons (Fsp3) is 0.154. The summed E-state index contributed by atoms with van der Waals surface area (Å²) < 4.78 is 24.4. The summed E-state index contributed by atoms with van der Waals surface area (Å²) in [5, 5.41) is 2.16. The molecular formula is C78H66FN4OPt-3. The smallest absolute Gasteiger partial charge is 0.135 e. The Morgan fingerprint density at radius 2 is 0.976 bits per heavy atom. The number of pyridine rings is 1. The van der Waals surface area contributed by atoms with Gasteiger partial charge in [-0.05, 0) is 132 Å². The van der Waals surface area contributed by atoms with E-state index in [4.69, 9.17) is 9.72 Å². The Balaban J connectivity index is 0.00000709. The van der Waals surface area contributed by atoms with Crippen LogP contribution in [-0.2, 0) is 37.3 Å². The summed E-state index contributed by atoms with van der Waals surface area (Å²) >= 11 is 0. The number of anilines is 4. The van der Waals surface area contributed by atoms with Gasteiger partial charge in [0.2, 0.25) is 0 Å². The second-order valence-corrected chi connectivity index (χ2v) is 25.2. The zero-order valence-corrected chi connectivity index (χ0v) is 51.7. The molecule has 0 saturated heterocycles. The summed E-state index contributed by atoms with van der Waals surface area (Å²) in [4.78, 5) is 9.50. The van der Waals surface area contributed by atoms with Crippen LogP contribution in [0.3, 0.4) is 0 Å². The van der Waals surface area contributed by atoms with Gasteiger partial charge in [0.25, 0.3) is 0 Å². The molecule has 0 aliphatic carbocycles. The van der Waals surface area contributed by atoms with Gasteiger partial charge in [0, 0.05) is 72.5 Å². The van der Waals surface area contributed by atoms with E-state index >= 15 is 4.39 Å². The van der Waals surface area contributed by atoms with Crippen molar-refractivity contribution < 1.29 is 30.2 Å². The van der Waals surface area contributed by atoms with Gasteiger partial charge in [-0.1, -0.05) is 213 Å². The van der Waals surface area contributed by atoms with Crippen molar-refractivity contribution in [1.82, 2.24) is 9.55 Å². The van der Waals surface area contributed by atoms with Crippen molar-refractivity contribution in [3.05, 3.63) is 272 Å². The Morgan fingerprint density at radius 1 is 0.424 bits per heavy atom. The third-order valence-corrected chi connectivity index (χ3v) is 16.3. The number of hydrogen-bond donors (Lipinski definition) is 0. The van der Waals surface area contributed by atoms with Crippen LogP contribution in [0.5, 0.6) is 11.5 Å². The molecule has 12 aromatic rings. The minimum atomic E-state index is -0.290. The molecular weight excluding hydrogens is 1220 g/mol. The molecule has 2 aromatic heterocycles. The van der Waals surface area contributed by atoms with Crippen LogP contribution in [0.4, 0.5) is 27.1 Å². The molecule has 0 radical (unpaired) electrons. The molecule has 0 bridgehead atoms. The van der Waals surface area contributed by atoms with Crippen LogP contribution < -0.4 is 14.5 Å². The standard InChI is InChI=1S/C78H66FN4O.Pt/c1-76(2,3)57-38-39-80-74(47-57)83-70-29-19-18-28-66(70)67-37-36-62(49-73(67)83)84-63-43-56(65-27-17-16-26-64(65)52-24-14-11-15-25-52)42-61(48-63)81-50-82(72-31-21-20-30-71(72)81)75-68(53-32-34-60(79)35-33-53)44-54(51-22-12-10-13-23-51)45-69(75)55-40-58(77(4,5)6)46-59(41-55)78(7,8)9;/h10-47,50H,1-9H3;/q-3;. The second-order valence-electron chi connectivity index (χ2n) is 25.2. The third-order valence-electron chi connectivity index (χ3n) is 16.3. The Bertz CT molecular complexity index is 4420. The molecule has 0 fully saturated rings.